The van der Waals surface area contributed by atoms with Gasteiger partial charge in [-0.05, 0) is 24.3 Å². The Labute approximate surface area is 121 Å². The van der Waals surface area contributed by atoms with Gasteiger partial charge in [-0.15, -0.1) is 0 Å². The number of nitrogens with zero attached hydrogens (tertiary/aromatic N) is 1. The van der Waals surface area contributed by atoms with E-state index in [1.54, 1.807) is 11.8 Å². The Bertz CT molecular complexity index is 602. The van der Waals surface area contributed by atoms with Gasteiger partial charge in [-0.25, -0.2) is 17.2 Å². The molecule has 0 spiro atoms. The quantitative estimate of drug-likeness (QED) is 0.913. The summed E-state index contributed by atoms with van der Waals surface area (Å²) < 4.78 is 53.6. The van der Waals surface area contributed by atoms with Crippen LogP contribution in [0.5, 0.6) is 0 Å². The average Bonchev–Trinajstić information content (AvgIpc) is 2.91. The van der Waals surface area contributed by atoms with E-state index in [4.69, 9.17) is 5.73 Å². The molecule has 0 radical (unpaired) electrons. The van der Waals surface area contributed by atoms with Gasteiger partial charge in [0, 0.05) is 31.0 Å². The molecule has 0 aliphatic carbocycles. The van der Waals surface area contributed by atoms with Crippen LogP contribution < -0.4 is 5.73 Å². The molecule has 0 amide bonds. The number of benzene rings is 1. The zero-order chi connectivity index (χ0) is 14.9. The molecule has 1 aliphatic rings. The third-order valence-electron chi connectivity index (χ3n) is 3.43. The normalized spacial score (nSPS) is 19.8. The molecule has 0 bridgehead atoms. The van der Waals surface area contributed by atoms with Crippen molar-refractivity contribution in [2.75, 3.05) is 18.6 Å². The molecule has 2 rings (SSSR count). The number of hydrogen-bond donors (Lipinski definition) is 1. The number of halogens is 2. The summed E-state index contributed by atoms with van der Waals surface area (Å²) >= 11 is 1.66. The van der Waals surface area contributed by atoms with Crippen LogP contribution in [0, 0.1) is 11.6 Å². The lowest BCUT2D eigenvalue weighted by atomic mass is 10.2. The van der Waals surface area contributed by atoms with E-state index in [1.807, 2.05) is 0 Å². The summed E-state index contributed by atoms with van der Waals surface area (Å²) in [5.74, 6) is -0.361. The summed E-state index contributed by atoms with van der Waals surface area (Å²) in [6, 6.07) is 1.74. The summed E-state index contributed by atoms with van der Waals surface area (Å²) in [6.45, 7) is -0.385. The molecule has 8 heteroatoms. The molecule has 1 atom stereocenters. The zero-order valence-electron chi connectivity index (χ0n) is 11.0. The molecule has 1 unspecified atom stereocenters. The minimum absolute atomic E-state index is 0.157. The summed E-state index contributed by atoms with van der Waals surface area (Å²) in [5.41, 5.74) is 4.87. The lowest BCUT2D eigenvalue weighted by Crippen LogP contribution is -2.37. The van der Waals surface area contributed by atoms with Crippen molar-refractivity contribution in [3.8, 4) is 0 Å². The van der Waals surface area contributed by atoms with Gasteiger partial charge in [0.05, 0.1) is 0 Å². The molecule has 112 valence electrons. The largest absolute Gasteiger partial charge is 0.326 e. The van der Waals surface area contributed by atoms with E-state index in [2.05, 4.69) is 0 Å². The maximum atomic E-state index is 14.1. The third kappa shape index (κ3) is 2.69. The fourth-order valence-electron chi connectivity index (χ4n) is 2.12. The van der Waals surface area contributed by atoms with E-state index >= 15 is 0 Å². The van der Waals surface area contributed by atoms with Crippen LogP contribution in [0.15, 0.2) is 17.0 Å². The highest BCUT2D eigenvalue weighted by Gasteiger charge is 2.33. The standard InChI is InChI=1S/C12H16F2N2O2S2/c1-16(8-4-5-19-7-8)20(17,18)11-3-2-10(13)9(6-15)12(11)14/h2-3,8H,4-7,15H2,1H3. The molecule has 1 aromatic carbocycles. The van der Waals surface area contributed by atoms with Crippen molar-refractivity contribution >= 4 is 21.8 Å². The molecule has 0 saturated carbocycles. The number of hydrogen-bond acceptors (Lipinski definition) is 4. The predicted octanol–water partition coefficient (Wildman–Crippen LogP) is 1.55. The fourth-order valence-corrected chi connectivity index (χ4v) is 4.96. The Morgan fingerprint density at radius 1 is 1.45 bits per heavy atom. The molecular weight excluding hydrogens is 306 g/mol. The molecule has 1 aromatic rings. The molecular formula is C12H16F2N2O2S2. The van der Waals surface area contributed by atoms with Crippen molar-refractivity contribution < 1.29 is 17.2 Å². The highest BCUT2D eigenvalue weighted by atomic mass is 32.2. The molecule has 1 saturated heterocycles. The molecule has 20 heavy (non-hydrogen) atoms. The van der Waals surface area contributed by atoms with Crippen LogP contribution in [0.3, 0.4) is 0 Å². The van der Waals surface area contributed by atoms with Gasteiger partial charge in [-0.3, -0.25) is 0 Å². The topological polar surface area (TPSA) is 63.4 Å². The Morgan fingerprint density at radius 2 is 2.15 bits per heavy atom. The van der Waals surface area contributed by atoms with Crippen molar-refractivity contribution in [2.24, 2.45) is 5.73 Å². The van der Waals surface area contributed by atoms with Crippen molar-refractivity contribution in [1.82, 2.24) is 4.31 Å². The molecule has 4 nitrogen and oxygen atoms in total. The second kappa shape index (κ2) is 5.97. The second-order valence-corrected chi connectivity index (χ2v) is 7.70. The van der Waals surface area contributed by atoms with E-state index in [0.717, 1.165) is 24.3 Å². The Morgan fingerprint density at radius 3 is 2.70 bits per heavy atom. The first kappa shape index (κ1) is 15.7. The maximum Gasteiger partial charge on any atom is 0.246 e. The van der Waals surface area contributed by atoms with Crippen molar-refractivity contribution in [3.63, 3.8) is 0 Å². The first-order chi connectivity index (χ1) is 9.39. The fraction of sp³-hybridized carbons (Fsp3) is 0.500. The summed E-state index contributed by atoms with van der Waals surface area (Å²) in [4.78, 5) is -0.515. The number of sulfonamides is 1. The van der Waals surface area contributed by atoms with Gasteiger partial charge in [0.2, 0.25) is 10.0 Å². The molecule has 1 fully saturated rings. The summed E-state index contributed by atoms with van der Waals surface area (Å²) in [6.07, 6.45) is 0.729. The van der Waals surface area contributed by atoms with Crippen LogP contribution in [0.2, 0.25) is 0 Å². The van der Waals surface area contributed by atoms with Crippen molar-refractivity contribution in [1.29, 1.82) is 0 Å². The van der Waals surface area contributed by atoms with Crippen LogP contribution in [0.1, 0.15) is 12.0 Å². The number of nitrogens with two attached hydrogens (primary N) is 1. The van der Waals surface area contributed by atoms with E-state index in [-0.39, 0.29) is 12.6 Å². The van der Waals surface area contributed by atoms with Gasteiger partial charge in [-0.1, -0.05) is 0 Å². The van der Waals surface area contributed by atoms with Crippen LogP contribution in [-0.2, 0) is 16.6 Å². The summed E-state index contributed by atoms with van der Waals surface area (Å²) in [7, 11) is -2.55. The third-order valence-corrected chi connectivity index (χ3v) is 6.50. The first-order valence-electron chi connectivity index (χ1n) is 6.12. The van der Waals surface area contributed by atoms with E-state index < -0.39 is 32.1 Å². The smallest absolute Gasteiger partial charge is 0.246 e. The Kier molecular flexibility index (Phi) is 4.68. The molecule has 1 heterocycles. The van der Waals surface area contributed by atoms with E-state index in [0.29, 0.717) is 5.75 Å². The van der Waals surface area contributed by atoms with Gasteiger partial charge in [0.1, 0.15) is 10.7 Å². The Balaban J connectivity index is 2.44. The number of rotatable bonds is 4. The molecule has 0 aromatic heterocycles. The lowest BCUT2D eigenvalue weighted by Gasteiger charge is -2.23. The summed E-state index contributed by atoms with van der Waals surface area (Å²) in [5, 5.41) is 0. The Hall–Kier alpha value is -0.700. The number of thioether (sulfide) groups is 1. The van der Waals surface area contributed by atoms with Gasteiger partial charge in [0.15, 0.2) is 5.82 Å². The van der Waals surface area contributed by atoms with Crippen LogP contribution >= 0.6 is 11.8 Å². The van der Waals surface area contributed by atoms with Crippen LogP contribution in [0.25, 0.3) is 0 Å². The highest BCUT2D eigenvalue weighted by molar-refractivity contribution is 7.99. The first-order valence-corrected chi connectivity index (χ1v) is 8.71. The van der Waals surface area contributed by atoms with Crippen molar-refractivity contribution in [2.45, 2.75) is 23.9 Å². The average molecular weight is 322 g/mol. The lowest BCUT2D eigenvalue weighted by molar-refractivity contribution is 0.391. The van der Waals surface area contributed by atoms with Gasteiger partial charge in [-0.2, -0.15) is 16.1 Å². The maximum absolute atomic E-state index is 14.1. The van der Waals surface area contributed by atoms with Gasteiger partial charge < -0.3 is 5.73 Å². The van der Waals surface area contributed by atoms with Crippen LogP contribution in [-0.4, -0.2) is 37.3 Å². The highest BCUT2D eigenvalue weighted by Crippen LogP contribution is 2.28. The zero-order valence-corrected chi connectivity index (χ0v) is 12.6. The second-order valence-electron chi connectivity index (χ2n) is 4.58. The van der Waals surface area contributed by atoms with Crippen molar-refractivity contribution in [3.05, 3.63) is 29.3 Å². The van der Waals surface area contributed by atoms with E-state index in [1.165, 1.54) is 11.4 Å². The SMILES string of the molecule is CN(C1CCSC1)S(=O)(=O)c1ccc(F)c(CN)c1F. The monoisotopic (exact) mass is 322 g/mol. The van der Waals surface area contributed by atoms with Gasteiger partial charge >= 0.3 is 0 Å². The minimum atomic E-state index is -3.98. The van der Waals surface area contributed by atoms with Gasteiger partial charge in [0.25, 0.3) is 0 Å². The molecule has 2 N–H and O–H groups in total. The van der Waals surface area contributed by atoms with E-state index in [9.17, 15) is 17.2 Å². The minimum Gasteiger partial charge on any atom is -0.326 e. The predicted molar refractivity (Wildman–Crippen MR) is 74.9 cm³/mol. The molecule has 1 aliphatic heterocycles. The van der Waals surface area contributed by atoms with Crippen LogP contribution in [0.4, 0.5) is 8.78 Å².